The van der Waals surface area contributed by atoms with Gasteiger partial charge in [0.05, 0.1) is 18.3 Å². The van der Waals surface area contributed by atoms with E-state index in [2.05, 4.69) is 6.58 Å². The van der Waals surface area contributed by atoms with Crippen molar-refractivity contribution in [1.82, 2.24) is 0 Å². The number of benzene rings is 2. The van der Waals surface area contributed by atoms with E-state index in [1.54, 1.807) is 24.3 Å². The van der Waals surface area contributed by atoms with Crippen molar-refractivity contribution in [2.45, 2.75) is 81.2 Å². The van der Waals surface area contributed by atoms with Crippen LogP contribution in [0.25, 0.3) is 5.57 Å². The zero-order valence-electron chi connectivity index (χ0n) is 22.2. The summed E-state index contributed by atoms with van der Waals surface area (Å²) in [5, 5.41) is 92.0. The molecule has 9 N–H and O–H groups in total. The number of phenols is 3. The summed E-state index contributed by atoms with van der Waals surface area (Å²) in [6.45, 7) is 4.67. The molecular formula is C28H36O13. The highest BCUT2D eigenvalue weighted by Crippen LogP contribution is 2.40. The van der Waals surface area contributed by atoms with E-state index in [1.807, 2.05) is 0 Å². The normalized spacial score (nSPS) is 33.8. The summed E-state index contributed by atoms with van der Waals surface area (Å²) in [6, 6.07) is 8.92. The molecule has 4 rings (SSSR count). The zero-order valence-corrected chi connectivity index (χ0v) is 22.2. The van der Waals surface area contributed by atoms with Crippen LogP contribution in [0.15, 0.2) is 43.0 Å². The summed E-state index contributed by atoms with van der Waals surface area (Å²) in [5.74, 6) is -0.753. The number of ether oxygens (including phenoxy) is 4. The number of hydrogen-bond donors (Lipinski definition) is 9. The Morgan fingerprint density at radius 1 is 0.829 bits per heavy atom. The number of aliphatic hydroxyl groups excluding tert-OH is 6. The molecule has 2 aliphatic rings. The van der Waals surface area contributed by atoms with Gasteiger partial charge < -0.3 is 64.9 Å². The lowest BCUT2D eigenvalue weighted by Gasteiger charge is -2.45. The van der Waals surface area contributed by atoms with E-state index in [4.69, 9.17) is 18.9 Å². The number of aryl methyl sites for hydroxylation is 1. The molecule has 0 aliphatic carbocycles. The highest BCUT2D eigenvalue weighted by Gasteiger charge is 2.50. The van der Waals surface area contributed by atoms with Crippen LogP contribution in [0.1, 0.15) is 24.5 Å². The first-order chi connectivity index (χ1) is 19.4. The summed E-state index contributed by atoms with van der Waals surface area (Å²) < 4.78 is 22.4. The molecule has 1 unspecified atom stereocenters. The third-order valence-electron chi connectivity index (χ3n) is 7.25. The van der Waals surface area contributed by atoms with Crippen LogP contribution in [0, 0.1) is 0 Å². The van der Waals surface area contributed by atoms with Crippen molar-refractivity contribution < 1.29 is 64.9 Å². The molecule has 2 aromatic rings. The van der Waals surface area contributed by atoms with E-state index in [0.717, 1.165) is 5.56 Å². The first kappa shape index (κ1) is 31.0. The van der Waals surface area contributed by atoms with Gasteiger partial charge in [0, 0.05) is 12.1 Å². The van der Waals surface area contributed by atoms with E-state index in [1.165, 1.54) is 19.1 Å². The Morgan fingerprint density at radius 3 is 2.07 bits per heavy atom. The fraction of sp³-hybridized carbons (Fsp3) is 0.500. The van der Waals surface area contributed by atoms with E-state index in [0.29, 0.717) is 18.4 Å². The Labute approximate surface area is 235 Å². The number of rotatable bonds is 9. The molecule has 2 fully saturated rings. The second kappa shape index (κ2) is 12.9. The minimum absolute atomic E-state index is 0.0810. The van der Waals surface area contributed by atoms with Crippen LogP contribution in [-0.4, -0.2) is 114 Å². The van der Waals surface area contributed by atoms with Crippen LogP contribution in [0.3, 0.4) is 0 Å². The van der Waals surface area contributed by atoms with E-state index >= 15 is 0 Å². The molecule has 2 aromatic carbocycles. The predicted molar refractivity (Wildman–Crippen MR) is 141 cm³/mol. The van der Waals surface area contributed by atoms with Crippen molar-refractivity contribution in [3.63, 3.8) is 0 Å². The molecular weight excluding hydrogens is 544 g/mol. The molecule has 41 heavy (non-hydrogen) atoms. The van der Waals surface area contributed by atoms with Crippen LogP contribution < -0.4 is 4.74 Å². The number of hydrogen-bond acceptors (Lipinski definition) is 13. The molecule has 10 atom stereocenters. The van der Waals surface area contributed by atoms with E-state index in [-0.39, 0.29) is 28.6 Å². The topological polar surface area (TPSA) is 219 Å². The van der Waals surface area contributed by atoms with Crippen LogP contribution in [-0.2, 0) is 20.6 Å². The van der Waals surface area contributed by atoms with Gasteiger partial charge in [-0.15, -0.1) is 0 Å². The summed E-state index contributed by atoms with van der Waals surface area (Å²) >= 11 is 0. The third kappa shape index (κ3) is 6.75. The molecule has 0 aromatic heterocycles. The second-order valence-electron chi connectivity index (χ2n) is 10.2. The molecule has 0 spiro atoms. The maximum atomic E-state index is 10.8. The Morgan fingerprint density at radius 2 is 1.46 bits per heavy atom. The van der Waals surface area contributed by atoms with Crippen LogP contribution >= 0.6 is 0 Å². The molecule has 2 saturated heterocycles. The first-order valence-corrected chi connectivity index (χ1v) is 13.1. The van der Waals surface area contributed by atoms with Crippen LogP contribution in [0.4, 0.5) is 0 Å². The maximum Gasteiger partial charge on any atom is 0.229 e. The number of allylic oxidation sites excluding steroid dienone is 1. The van der Waals surface area contributed by atoms with Gasteiger partial charge in [0.2, 0.25) is 6.29 Å². The minimum Gasteiger partial charge on any atom is -0.508 e. The van der Waals surface area contributed by atoms with Gasteiger partial charge in [-0.3, -0.25) is 0 Å². The summed E-state index contributed by atoms with van der Waals surface area (Å²) in [6.07, 6.45) is -14.2. The monoisotopic (exact) mass is 580 g/mol. The zero-order chi connectivity index (χ0) is 30.0. The van der Waals surface area contributed by atoms with Crippen LogP contribution in [0.2, 0.25) is 0 Å². The van der Waals surface area contributed by atoms with E-state index in [9.17, 15) is 46.0 Å². The Bertz CT molecular complexity index is 1170. The molecule has 0 radical (unpaired) electrons. The molecule has 0 amide bonds. The van der Waals surface area contributed by atoms with Gasteiger partial charge in [0.1, 0.15) is 59.6 Å². The summed E-state index contributed by atoms with van der Waals surface area (Å²) in [5.41, 5.74) is 1.41. The van der Waals surface area contributed by atoms with Gasteiger partial charge >= 0.3 is 0 Å². The molecule has 0 bridgehead atoms. The molecule has 13 heteroatoms. The Kier molecular flexibility index (Phi) is 9.74. The van der Waals surface area contributed by atoms with Crippen molar-refractivity contribution in [2.24, 2.45) is 0 Å². The standard InChI is InChI=1S/C28H36O13/c1-12(3-4-14-5-7-15(30)8-6-14)20-17(31)9-16(10-18(20)32)39-28-26(24(36)22(34)19(11-29)40-28)41-27-25(37)23(35)21(33)13(2)38-27/h5-10,13,19,21-37H,1,3-4,11H2,2H3/t13-,19-,21-,22-,23+,24+,25+,26-,27-,28?/m0/s1. The number of aromatic hydroxyl groups is 3. The molecule has 0 saturated carbocycles. The Hall–Kier alpha value is -2.98. The average molecular weight is 581 g/mol. The lowest BCUT2D eigenvalue weighted by Crippen LogP contribution is -2.64. The van der Waals surface area contributed by atoms with Crippen molar-refractivity contribution in [2.75, 3.05) is 6.61 Å². The SMILES string of the molecule is C=C(CCc1ccc(O)cc1)c1c(O)cc(OC2O[C@@H](CO)[C@H](O)[C@@H](O)[C@@H]2O[C@@H]2O[C@@H](C)[C@H](O)[C@@H](O)[C@H]2O)cc1O. The molecule has 13 nitrogen and oxygen atoms in total. The Balaban J connectivity index is 1.52. The predicted octanol–water partition coefficient (Wildman–Crippen LogP) is -0.520. The van der Waals surface area contributed by atoms with Gasteiger partial charge in [0.25, 0.3) is 0 Å². The molecule has 2 heterocycles. The smallest absolute Gasteiger partial charge is 0.229 e. The van der Waals surface area contributed by atoms with E-state index < -0.39 is 68.0 Å². The quantitative estimate of drug-likeness (QED) is 0.183. The van der Waals surface area contributed by atoms with Gasteiger partial charge in [-0.25, -0.2) is 0 Å². The number of phenolic OH excluding ortho intramolecular Hbond substituents is 3. The van der Waals surface area contributed by atoms with Crippen molar-refractivity contribution in [3.8, 4) is 23.0 Å². The van der Waals surface area contributed by atoms with Crippen LogP contribution in [0.5, 0.6) is 23.0 Å². The van der Waals surface area contributed by atoms with Crippen molar-refractivity contribution >= 4 is 5.57 Å². The largest absolute Gasteiger partial charge is 0.508 e. The average Bonchev–Trinajstić information content (AvgIpc) is 2.93. The third-order valence-corrected chi connectivity index (χ3v) is 7.25. The minimum atomic E-state index is -1.73. The second-order valence-corrected chi connectivity index (χ2v) is 10.2. The van der Waals surface area contributed by atoms with Crippen molar-refractivity contribution in [1.29, 1.82) is 0 Å². The summed E-state index contributed by atoms with van der Waals surface area (Å²) in [7, 11) is 0. The highest BCUT2D eigenvalue weighted by molar-refractivity contribution is 5.74. The maximum absolute atomic E-state index is 10.8. The fourth-order valence-corrected chi connectivity index (χ4v) is 4.81. The fourth-order valence-electron chi connectivity index (χ4n) is 4.81. The molecule has 226 valence electrons. The lowest BCUT2D eigenvalue weighted by atomic mass is 9.97. The molecule has 2 aliphatic heterocycles. The van der Waals surface area contributed by atoms with Gasteiger partial charge in [-0.2, -0.15) is 0 Å². The summed E-state index contributed by atoms with van der Waals surface area (Å²) in [4.78, 5) is 0. The van der Waals surface area contributed by atoms with Crippen molar-refractivity contribution in [3.05, 3.63) is 54.1 Å². The van der Waals surface area contributed by atoms with Gasteiger partial charge in [-0.1, -0.05) is 18.7 Å². The van der Waals surface area contributed by atoms with Gasteiger partial charge in [-0.05, 0) is 43.0 Å². The first-order valence-electron chi connectivity index (χ1n) is 13.1. The van der Waals surface area contributed by atoms with Gasteiger partial charge in [0.15, 0.2) is 12.4 Å². The number of aliphatic hydroxyl groups is 6. The lowest BCUT2D eigenvalue weighted by molar-refractivity contribution is -0.354. The highest BCUT2D eigenvalue weighted by atomic mass is 16.8.